The standard InChI is InChI=1S/C24H31N3O4S3/c1-3-31-23(28)21-19-7-5-4-6-8-20(19)33-22(21)25-24(32)26-13-15-27(16-14-26)34(29,30)18-11-9-17(2)10-12-18/h9-12H,3-8,13-16H2,1-2H3,(H,25,32). The predicted octanol–water partition coefficient (Wildman–Crippen LogP) is 4.21. The van der Waals surface area contributed by atoms with E-state index in [0.29, 0.717) is 48.4 Å². The summed E-state index contributed by atoms with van der Waals surface area (Å²) in [6.45, 7) is 5.73. The number of carbonyl (C=O) groups excluding carboxylic acids is 1. The number of thiophene rings is 1. The molecule has 34 heavy (non-hydrogen) atoms. The lowest BCUT2D eigenvalue weighted by Crippen LogP contribution is -2.51. The normalized spacial score (nSPS) is 17.1. The Hall–Kier alpha value is -2.01. The summed E-state index contributed by atoms with van der Waals surface area (Å²) in [5.74, 6) is -0.304. The van der Waals surface area contributed by atoms with Gasteiger partial charge in [0.2, 0.25) is 10.0 Å². The molecule has 1 aliphatic carbocycles. The number of thiocarbonyl (C=S) groups is 1. The second-order valence-corrected chi connectivity index (χ2v) is 12.1. The Labute approximate surface area is 211 Å². The van der Waals surface area contributed by atoms with Gasteiger partial charge in [-0.15, -0.1) is 11.3 Å². The zero-order chi connectivity index (χ0) is 24.3. The van der Waals surface area contributed by atoms with E-state index in [1.165, 1.54) is 15.6 Å². The van der Waals surface area contributed by atoms with Crippen molar-refractivity contribution < 1.29 is 17.9 Å². The van der Waals surface area contributed by atoms with Gasteiger partial charge in [-0.2, -0.15) is 4.31 Å². The van der Waals surface area contributed by atoms with Crippen LogP contribution in [0.2, 0.25) is 0 Å². The number of nitrogens with one attached hydrogen (secondary N) is 1. The zero-order valence-corrected chi connectivity index (χ0v) is 22.1. The number of rotatable bonds is 5. The van der Waals surface area contributed by atoms with E-state index in [9.17, 15) is 13.2 Å². The number of anilines is 1. The molecule has 1 aromatic heterocycles. The van der Waals surface area contributed by atoms with Gasteiger partial charge in [0.25, 0.3) is 0 Å². The van der Waals surface area contributed by atoms with Gasteiger partial charge >= 0.3 is 5.97 Å². The van der Waals surface area contributed by atoms with Crippen molar-refractivity contribution in [2.45, 2.75) is 50.8 Å². The molecule has 0 bridgehead atoms. The molecule has 0 atom stereocenters. The van der Waals surface area contributed by atoms with Crippen molar-refractivity contribution in [2.75, 3.05) is 38.1 Å². The molecule has 4 rings (SSSR count). The number of carbonyl (C=O) groups is 1. The highest BCUT2D eigenvalue weighted by Crippen LogP contribution is 2.38. The number of hydrogen-bond donors (Lipinski definition) is 1. The van der Waals surface area contributed by atoms with Crippen LogP contribution in [0.25, 0.3) is 0 Å². The summed E-state index contributed by atoms with van der Waals surface area (Å²) in [6, 6.07) is 6.93. The first-order valence-electron chi connectivity index (χ1n) is 11.8. The number of benzene rings is 1. The quantitative estimate of drug-likeness (QED) is 0.359. The van der Waals surface area contributed by atoms with Crippen molar-refractivity contribution in [2.24, 2.45) is 0 Å². The van der Waals surface area contributed by atoms with Crippen molar-refractivity contribution in [3.63, 3.8) is 0 Å². The van der Waals surface area contributed by atoms with Gasteiger partial charge in [0.15, 0.2) is 5.11 Å². The number of aryl methyl sites for hydroxylation is 2. The number of fused-ring (bicyclic) bond motifs is 1. The number of esters is 1. The first-order chi connectivity index (χ1) is 16.3. The van der Waals surface area contributed by atoms with Crippen molar-refractivity contribution in [3.05, 3.63) is 45.8 Å². The number of piperazine rings is 1. The van der Waals surface area contributed by atoms with E-state index in [2.05, 4.69) is 5.32 Å². The molecule has 7 nitrogen and oxygen atoms in total. The fourth-order valence-corrected chi connectivity index (χ4v) is 7.46. The summed E-state index contributed by atoms with van der Waals surface area (Å²) in [6.07, 6.45) is 5.20. The van der Waals surface area contributed by atoms with Gasteiger partial charge in [-0.25, -0.2) is 13.2 Å². The third kappa shape index (κ3) is 5.30. The van der Waals surface area contributed by atoms with E-state index in [-0.39, 0.29) is 5.97 Å². The minimum absolute atomic E-state index is 0.304. The Kier molecular flexibility index (Phi) is 7.91. The highest BCUT2D eigenvalue weighted by molar-refractivity contribution is 7.89. The highest BCUT2D eigenvalue weighted by atomic mass is 32.2. The first kappa shape index (κ1) is 25.1. The lowest BCUT2D eigenvalue weighted by Gasteiger charge is -2.35. The van der Waals surface area contributed by atoms with E-state index in [1.54, 1.807) is 23.5 Å². The average Bonchev–Trinajstić information content (AvgIpc) is 2.99. The molecule has 2 heterocycles. The van der Waals surface area contributed by atoms with Gasteiger partial charge < -0.3 is 15.0 Å². The van der Waals surface area contributed by atoms with Gasteiger partial charge in [-0.1, -0.05) is 24.1 Å². The topological polar surface area (TPSA) is 79.0 Å². The fraction of sp³-hybridized carbons (Fsp3) is 0.500. The lowest BCUT2D eigenvalue weighted by atomic mass is 10.1. The fourth-order valence-electron chi connectivity index (χ4n) is 4.42. The molecule has 0 amide bonds. The Morgan fingerprint density at radius 3 is 2.44 bits per heavy atom. The molecule has 1 N–H and O–H groups in total. The van der Waals surface area contributed by atoms with Crippen LogP contribution in [0.15, 0.2) is 29.2 Å². The summed E-state index contributed by atoms with van der Waals surface area (Å²) < 4.78 is 32.9. The molecular weight excluding hydrogens is 490 g/mol. The summed E-state index contributed by atoms with van der Waals surface area (Å²) in [4.78, 5) is 16.3. The Morgan fingerprint density at radius 1 is 1.09 bits per heavy atom. The number of ether oxygens (including phenoxy) is 1. The minimum atomic E-state index is -3.53. The van der Waals surface area contributed by atoms with Crippen LogP contribution in [-0.2, 0) is 27.6 Å². The predicted molar refractivity (Wildman–Crippen MR) is 139 cm³/mol. The van der Waals surface area contributed by atoms with Crippen LogP contribution in [0.3, 0.4) is 0 Å². The lowest BCUT2D eigenvalue weighted by molar-refractivity contribution is 0.0526. The third-order valence-electron chi connectivity index (χ3n) is 6.31. The third-order valence-corrected chi connectivity index (χ3v) is 9.79. The van der Waals surface area contributed by atoms with Crippen molar-refractivity contribution in [1.29, 1.82) is 0 Å². The van der Waals surface area contributed by atoms with E-state index in [4.69, 9.17) is 17.0 Å². The average molecular weight is 522 g/mol. The molecule has 0 radical (unpaired) electrons. The number of hydrogen-bond acceptors (Lipinski definition) is 6. The Bertz CT molecular complexity index is 1150. The Morgan fingerprint density at radius 2 is 1.76 bits per heavy atom. The SMILES string of the molecule is CCOC(=O)c1c(NC(=S)N2CCN(S(=O)(=O)c3ccc(C)cc3)CC2)sc2c1CCCCC2. The van der Waals surface area contributed by atoms with E-state index in [1.807, 2.05) is 30.9 Å². The second-order valence-electron chi connectivity index (χ2n) is 8.62. The molecule has 0 unspecified atom stereocenters. The summed E-state index contributed by atoms with van der Waals surface area (Å²) in [5.41, 5.74) is 2.74. The number of sulfonamides is 1. The molecule has 2 aliphatic rings. The van der Waals surface area contributed by atoms with Crippen LogP contribution >= 0.6 is 23.6 Å². The largest absolute Gasteiger partial charge is 0.462 e. The van der Waals surface area contributed by atoms with Crippen LogP contribution in [0, 0.1) is 6.92 Å². The highest BCUT2D eigenvalue weighted by Gasteiger charge is 2.31. The smallest absolute Gasteiger partial charge is 0.341 e. The summed E-state index contributed by atoms with van der Waals surface area (Å²) >= 11 is 7.27. The van der Waals surface area contributed by atoms with Crippen molar-refractivity contribution in [1.82, 2.24) is 9.21 Å². The van der Waals surface area contributed by atoms with Gasteiger partial charge in [0, 0.05) is 31.1 Å². The van der Waals surface area contributed by atoms with Crippen molar-refractivity contribution in [3.8, 4) is 0 Å². The number of nitrogens with zero attached hydrogens (tertiary/aromatic N) is 2. The summed E-state index contributed by atoms with van der Waals surface area (Å²) in [7, 11) is -3.53. The van der Waals surface area contributed by atoms with Crippen LogP contribution in [0.1, 0.15) is 52.5 Å². The molecule has 0 saturated carbocycles. The van der Waals surface area contributed by atoms with Crippen LogP contribution < -0.4 is 5.32 Å². The first-order valence-corrected chi connectivity index (χ1v) is 14.4. The molecule has 0 spiro atoms. The summed E-state index contributed by atoms with van der Waals surface area (Å²) in [5, 5.41) is 4.55. The maximum Gasteiger partial charge on any atom is 0.341 e. The molecule has 1 fully saturated rings. The van der Waals surface area contributed by atoms with Crippen LogP contribution in [-0.4, -0.2) is 61.5 Å². The van der Waals surface area contributed by atoms with Crippen LogP contribution in [0.4, 0.5) is 5.00 Å². The van der Waals surface area contributed by atoms with Crippen LogP contribution in [0.5, 0.6) is 0 Å². The van der Waals surface area contributed by atoms with Gasteiger partial charge in [0.05, 0.1) is 17.1 Å². The molecule has 2 aromatic rings. The molecular formula is C24H31N3O4S3. The van der Waals surface area contributed by atoms with Gasteiger partial charge in [-0.05, 0) is 69.4 Å². The zero-order valence-electron chi connectivity index (χ0n) is 19.6. The van der Waals surface area contributed by atoms with Gasteiger partial charge in [0.1, 0.15) is 5.00 Å². The Balaban J connectivity index is 1.45. The van der Waals surface area contributed by atoms with E-state index in [0.717, 1.165) is 41.8 Å². The van der Waals surface area contributed by atoms with Crippen molar-refractivity contribution >= 4 is 49.7 Å². The molecule has 1 aliphatic heterocycles. The second kappa shape index (κ2) is 10.7. The maximum atomic E-state index is 13.0. The molecule has 184 valence electrons. The maximum absolute atomic E-state index is 13.0. The minimum Gasteiger partial charge on any atom is -0.462 e. The van der Waals surface area contributed by atoms with E-state index >= 15 is 0 Å². The molecule has 1 aromatic carbocycles. The van der Waals surface area contributed by atoms with E-state index < -0.39 is 10.0 Å². The molecule has 10 heteroatoms. The molecule has 1 saturated heterocycles. The van der Waals surface area contributed by atoms with Gasteiger partial charge in [-0.3, -0.25) is 0 Å². The monoisotopic (exact) mass is 521 g/mol.